The number of rotatable bonds is 7. The number of benzene rings is 1. The Hall–Kier alpha value is -1.44. The maximum absolute atomic E-state index is 12.8. The second-order valence-corrected chi connectivity index (χ2v) is 8.63. The van der Waals surface area contributed by atoms with E-state index in [9.17, 15) is 13.2 Å². The third-order valence-corrected chi connectivity index (χ3v) is 6.42. The summed E-state index contributed by atoms with van der Waals surface area (Å²) in [4.78, 5) is 14.2. The maximum Gasteiger partial charge on any atom is 0.243 e. The van der Waals surface area contributed by atoms with Crippen LogP contribution in [0, 0.1) is 0 Å². The molecule has 25 heavy (non-hydrogen) atoms. The number of nitrogens with zero attached hydrogens (tertiary/aromatic N) is 2. The number of sulfonamides is 1. The summed E-state index contributed by atoms with van der Waals surface area (Å²) in [5, 5.41) is 0. The number of carbonyl (C=O) groups excluding carboxylic acids is 1. The van der Waals surface area contributed by atoms with Crippen LogP contribution in [0.3, 0.4) is 0 Å². The molecule has 1 aliphatic heterocycles. The lowest BCUT2D eigenvalue weighted by atomic mass is 10.1. The molecule has 140 valence electrons. The fourth-order valence-electron chi connectivity index (χ4n) is 2.95. The van der Waals surface area contributed by atoms with Gasteiger partial charge in [0, 0.05) is 38.6 Å². The van der Waals surface area contributed by atoms with Crippen LogP contribution in [0.15, 0.2) is 29.2 Å². The molecular formula is C18H29N3O3S. The third kappa shape index (κ3) is 5.26. The van der Waals surface area contributed by atoms with E-state index < -0.39 is 10.0 Å². The Balaban J connectivity index is 1.95. The van der Waals surface area contributed by atoms with E-state index in [4.69, 9.17) is 5.73 Å². The van der Waals surface area contributed by atoms with Crippen molar-refractivity contribution in [1.29, 1.82) is 0 Å². The maximum atomic E-state index is 12.8. The minimum Gasteiger partial charge on any atom is -0.340 e. The Bertz CT molecular complexity index is 663. The van der Waals surface area contributed by atoms with Crippen molar-refractivity contribution in [3.8, 4) is 0 Å². The van der Waals surface area contributed by atoms with E-state index in [0.29, 0.717) is 43.9 Å². The highest BCUT2D eigenvalue weighted by Gasteiger charge is 2.29. The van der Waals surface area contributed by atoms with E-state index in [-0.39, 0.29) is 11.9 Å². The molecule has 1 saturated heterocycles. The van der Waals surface area contributed by atoms with Crippen molar-refractivity contribution in [3.05, 3.63) is 29.8 Å². The summed E-state index contributed by atoms with van der Waals surface area (Å²) in [6.45, 7) is 5.52. The molecule has 1 fully saturated rings. The average Bonchev–Trinajstić information content (AvgIpc) is 2.60. The van der Waals surface area contributed by atoms with Gasteiger partial charge >= 0.3 is 0 Å². The predicted octanol–water partition coefficient (Wildman–Crippen LogP) is 1.60. The zero-order valence-electron chi connectivity index (χ0n) is 15.1. The topological polar surface area (TPSA) is 83.7 Å². The zero-order chi connectivity index (χ0) is 18.4. The van der Waals surface area contributed by atoms with Crippen molar-refractivity contribution in [2.75, 3.05) is 26.2 Å². The number of nitrogens with two attached hydrogens (primary N) is 1. The van der Waals surface area contributed by atoms with Crippen LogP contribution < -0.4 is 5.73 Å². The van der Waals surface area contributed by atoms with Gasteiger partial charge in [-0.1, -0.05) is 25.5 Å². The predicted molar refractivity (Wildman–Crippen MR) is 98.7 cm³/mol. The molecule has 1 aliphatic rings. The summed E-state index contributed by atoms with van der Waals surface area (Å²) in [6, 6.07) is 7.12. The van der Waals surface area contributed by atoms with Crippen molar-refractivity contribution in [2.45, 2.75) is 50.5 Å². The molecule has 1 aromatic rings. The van der Waals surface area contributed by atoms with E-state index in [2.05, 4.69) is 6.92 Å². The minimum absolute atomic E-state index is 0.00120. The highest BCUT2D eigenvalue weighted by molar-refractivity contribution is 7.89. The molecule has 1 unspecified atom stereocenters. The first-order valence-electron chi connectivity index (χ1n) is 8.97. The molecule has 1 amide bonds. The summed E-state index contributed by atoms with van der Waals surface area (Å²) >= 11 is 0. The molecule has 0 spiro atoms. The van der Waals surface area contributed by atoms with Crippen LogP contribution >= 0.6 is 0 Å². The first kappa shape index (κ1) is 19.9. The monoisotopic (exact) mass is 367 g/mol. The quantitative estimate of drug-likeness (QED) is 0.793. The minimum atomic E-state index is -3.49. The summed E-state index contributed by atoms with van der Waals surface area (Å²) < 4.78 is 27.0. The fraction of sp³-hybridized carbons (Fsp3) is 0.611. The van der Waals surface area contributed by atoms with Gasteiger partial charge in [0.25, 0.3) is 0 Å². The first-order chi connectivity index (χ1) is 11.8. The average molecular weight is 368 g/mol. The molecular weight excluding hydrogens is 338 g/mol. The van der Waals surface area contributed by atoms with E-state index in [0.717, 1.165) is 18.4 Å². The molecule has 2 N–H and O–H groups in total. The van der Waals surface area contributed by atoms with Gasteiger partial charge in [0.05, 0.1) is 4.90 Å². The number of piperazine rings is 1. The molecule has 2 rings (SSSR count). The van der Waals surface area contributed by atoms with Crippen LogP contribution in [-0.4, -0.2) is 55.8 Å². The van der Waals surface area contributed by atoms with Gasteiger partial charge in [-0.2, -0.15) is 4.31 Å². The largest absolute Gasteiger partial charge is 0.340 e. The van der Waals surface area contributed by atoms with Gasteiger partial charge in [-0.3, -0.25) is 4.79 Å². The number of hydrogen-bond acceptors (Lipinski definition) is 4. The van der Waals surface area contributed by atoms with Crippen LogP contribution in [0.1, 0.15) is 38.7 Å². The second kappa shape index (κ2) is 8.78. The summed E-state index contributed by atoms with van der Waals surface area (Å²) in [5.74, 6) is 0.0540. The molecule has 6 nitrogen and oxygen atoms in total. The molecule has 0 aliphatic carbocycles. The lowest BCUT2D eigenvalue weighted by molar-refractivity contribution is -0.132. The Morgan fingerprint density at radius 1 is 1.16 bits per heavy atom. The van der Waals surface area contributed by atoms with Gasteiger partial charge in [0.15, 0.2) is 0 Å². The zero-order valence-corrected chi connectivity index (χ0v) is 16.0. The van der Waals surface area contributed by atoms with E-state index in [1.165, 1.54) is 4.31 Å². The van der Waals surface area contributed by atoms with Crippen LogP contribution in [0.4, 0.5) is 0 Å². The van der Waals surface area contributed by atoms with Crippen LogP contribution in [0.5, 0.6) is 0 Å². The summed E-state index contributed by atoms with van der Waals surface area (Å²) in [6.07, 6.45) is 3.05. The summed E-state index contributed by atoms with van der Waals surface area (Å²) in [7, 11) is -3.49. The molecule has 0 bridgehead atoms. The molecule has 1 aromatic carbocycles. The smallest absolute Gasteiger partial charge is 0.243 e. The van der Waals surface area contributed by atoms with Crippen LogP contribution in [-0.2, 0) is 21.2 Å². The molecule has 0 saturated carbocycles. The number of amides is 1. The first-order valence-corrected chi connectivity index (χ1v) is 10.4. The number of carbonyl (C=O) groups is 1. The lowest BCUT2D eigenvalue weighted by Gasteiger charge is -2.34. The number of hydrogen-bond donors (Lipinski definition) is 1. The van der Waals surface area contributed by atoms with Crippen molar-refractivity contribution in [1.82, 2.24) is 9.21 Å². The second-order valence-electron chi connectivity index (χ2n) is 6.69. The number of aryl methyl sites for hydroxylation is 1. The Morgan fingerprint density at radius 2 is 1.76 bits per heavy atom. The normalized spacial score (nSPS) is 17.5. The Labute approximate surface area is 151 Å². The van der Waals surface area contributed by atoms with Crippen molar-refractivity contribution < 1.29 is 13.2 Å². The van der Waals surface area contributed by atoms with E-state index >= 15 is 0 Å². The van der Waals surface area contributed by atoms with Crippen molar-refractivity contribution >= 4 is 15.9 Å². The SMILES string of the molecule is CCCc1ccc(S(=O)(=O)N2CCN(C(=O)CCC(C)N)CC2)cc1. The van der Waals surface area contributed by atoms with Gasteiger partial charge in [0.1, 0.15) is 0 Å². The van der Waals surface area contributed by atoms with Crippen molar-refractivity contribution in [2.24, 2.45) is 5.73 Å². The highest BCUT2D eigenvalue weighted by atomic mass is 32.2. The Morgan fingerprint density at radius 3 is 2.28 bits per heavy atom. The molecule has 0 radical (unpaired) electrons. The van der Waals surface area contributed by atoms with Crippen LogP contribution in [0.25, 0.3) is 0 Å². The molecule has 1 atom stereocenters. The van der Waals surface area contributed by atoms with Gasteiger partial charge in [-0.25, -0.2) is 8.42 Å². The van der Waals surface area contributed by atoms with E-state index in [1.54, 1.807) is 17.0 Å². The highest BCUT2D eigenvalue weighted by Crippen LogP contribution is 2.19. The summed E-state index contributed by atoms with van der Waals surface area (Å²) in [5.41, 5.74) is 6.83. The van der Waals surface area contributed by atoms with Gasteiger partial charge in [-0.15, -0.1) is 0 Å². The molecule has 0 aromatic heterocycles. The lowest BCUT2D eigenvalue weighted by Crippen LogP contribution is -2.50. The Kier molecular flexibility index (Phi) is 6.98. The standard InChI is InChI=1S/C18H29N3O3S/c1-3-4-16-6-8-17(9-7-16)25(23,24)21-13-11-20(12-14-21)18(22)10-5-15(2)19/h6-9,15H,3-5,10-14,19H2,1-2H3. The molecule has 1 heterocycles. The van der Waals surface area contributed by atoms with Crippen molar-refractivity contribution in [3.63, 3.8) is 0 Å². The van der Waals surface area contributed by atoms with Crippen LogP contribution in [0.2, 0.25) is 0 Å². The van der Waals surface area contributed by atoms with Gasteiger partial charge in [-0.05, 0) is 37.5 Å². The van der Waals surface area contributed by atoms with E-state index in [1.807, 2.05) is 19.1 Å². The third-order valence-electron chi connectivity index (χ3n) is 4.50. The van der Waals surface area contributed by atoms with Gasteiger partial charge in [0.2, 0.25) is 15.9 Å². The fourth-order valence-corrected chi connectivity index (χ4v) is 4.38. The molecule has 7 heteroatoms. The van der Waals surface area contributed by atoms with Gasteiger partial charge < -0.3 is 10.6 Å².